The number of aromatic nitrogens is 4. The second kappa shape index (κ2) is 11.7. The minimum Gasteiger partial charge on any atom is -0.354 e. The quantitative estimate of drug-likeness (QED) is 0.221. The summed E-state index contributed by atoms with van der Waals surface area (Å²) in [5.74, 6) is 1.06. The summed E-state index contributed by atoms with van der Waals surface area (Å²) in [5.41, 5.74) is 4.96. The molecule has 0 unspecified atom stereocenters. The molecule has 0 saturated carbocycles. The van der Waals surface area contributed by atoms with Gasteiger partial charge in [-0.05, 0) is 68.3 Å². The van der Waals surface area contributed by atoms with E-state index >= 15 is 0 Å². The van der Waals surface area contributed by atoms with Crippen molar-refractivity contribution in [1.29, 1.82) is 0 Å². The first-order chi connectivity index (χ1) is 20.3. The molecule has 1 amide bonds. The van der Waals surface area contributed by atoms with Crippen molar-refractivity contribution in [3.05, 3.63) is 111 Å². The molecule has 0 spiro atoms. The van der Waals surface area contributed by atoms with E-state index < -0.39 is 0 Å². The smallest absolute Gasteiger partial charge is 0.253 e. The molecule has 5 aromatic rings. The van der Waals surface area contributed by atoms with Gasteiger partial charge < -0.3 is 9.80 Å². The number of carbonyl (C=O) groups is 1. The van der Waals surface area contributed by atoms with E-state index in [-0.39, 0.29) is 11.7 Å². The van der Waals surface area contributed by atoms with E-state index in [1.807, 2.05) is 11.8 Å². The highest BCUT2D eigenvalue weighted by Gasteiger charge is 2.26. The van der Waals surface area contributed by atoms with Crippen molar-refractivity contribution in [1.82, 2.24) is 24.6 Å². The number of halogens is 3. The van der Waals surface area contributed by atoms with Gasteiger partial charge in [-0.25, -0.2) is 19.0 Å². The predicted octanol–water partition coefficient (Wildman–Crippen LogP) is 6.82. The highest BCUT2D eigenvalue weighted by atomic mass is 35.5. The number of rotatable bonds is 5. The van der Waals surface area contributed by atoms with Crippen LogP contribution in [0.3, 0.4) is 0 Å². The van der Waals surface area contributed by atoms with Crippen LogP contribution in [0.25, 0.3) is 16.7 Å². The fourth-order valence-electron chi connectivity index (χ4n) is 5.31. The molecule has 3 aromatic carbocycles. The lowest BCUT2D eigenvalue weighted by molar-refractivity contribution is 0.0767. The molecule has 0 bridgehead atoms. The van der Waals surface area contributed by atoms with Crippen LogP contribution in [0.5, 0.6) is 0 Å². The molecule has 42 heavy (non-hydrogen) atoms. The Morgan fingerprint density at radius 3 is 2.38 bits per heavy atom. The summed E-state index contributed by atoms with van der Waals surface area (Å²) >= 11 is 12.2. The monoisotopic (exact) mass is 602 g/mol. The van der Waals surface area contributed by atoms with Crippen LogP contribution in [-0.4, -0.2) is 56.7 Å². The van der Waals surface area contributed by atoms with Crippen LogP contribution in [0, 0.1) is 19.7 Å². The summed E-state index contributed by atoms with van der Waals surface area (Å²) in [7, 11) is 0. The lowest BCUT2D eigenvalue weighted by Gasteiger charge is -2.24. The van der Waals surface area contributed by atoms with Gasteiger partial charge in [-0.3, -0.25) is 4.79 Å². The maximum Gasteiger partial charge on any atom is 0.253 e. The third-order valence-electron chi connectivity index (χ3n) is 7.53. The van der Waals surface area contributed by atoms with Crippen molar-refractivity contribution in [2.24, 2.45) is 0 Å². The number of carbonyl (C=O) groups excluding carboxylic acids is 1. The number of nitrogens with zero attached hydrogens (tertiary/aromatic N) is 6. The van der Waals surface area contributed by atoms with Crippen LogP contribution in [-0.2, 0) is 6.42 Å². The lowest BCUT2D eigenvalue weighted by Crippen LogP contribution is -2.35. The Morgan fingerprint density at radius 2 is 1.64 bits per heavy atom. The molecule has 0 radical (unpaired) electrons. The van der Waals surface area contributed by atoms with Crippen LogP contribution in [0.15, 0.2) is 66.7 Å². The first kappa shape index (κ1) is 28.1. The van der Waals surface area contributed by atoms with Gasteiger partial charge in [0.15, 0.2) is 5.65 Å². The molecule has 1 aliphatic heterocycles. The van der Waals surface area contributed by atoms with E-state index in [0.29, 0.717) is 59.7 Å². The van der Waals surface area contributed by atoms with Gasteiger partial charge in [0.2, 0.25) is 0 Å². The van der Waals surface area contributed by atoms with Gasteiger partial charge in [-0.1, -0.05) is 53.0 Å². The number of aryl methyl sites for hydroxylation is 2. The molecule has 0 atom stereocenters. The Kier molecular flexibility index (Phi) is 7.84. The average molecular weight is 604 g/mol. The Balaban J connectivity index is 1.37. The fourth-order valence-corrected chi connectivity index (χ4v) is 5.61. The molecular weight excluding hydrogens is 574 g/mol. The minimum absolute atomic E-state index is 0.0800. The molecule has 1 fully saturated rings. The van der Waals surface area contributed by atoms with E-state index in [2.05, 4.69) is 36.1 Å². The molecule has 1 aliphatic rings. The number of amides is 1. The zero-order valence-corrected chi connectivity index (χ0v) is 24.8. The Morgan fingerprint density at radius 1 is 0.881 bits per heavy atom. The van der Waals surface area contributed by atoms with Gasteiger partial charge >= 0.3 is 0 Å². The third-order valence-corrected chi connectivity index (χ3v) is 8.27. The van der Waals surface area contributed by atoms with Gasteiger partial charge in [0, 0.05) is 38.2 Å². The highest BCUT2D eigenvalue weighted by Crippen LogP contribution is 2.31. The number of hydrogen-bond donors (Lipinski definition) is 0. The highest BCUT2D eigenvalue weighted by molar-refractivity contribution is 6.42. The van der Waals surface area contributed by atoms with Crippen LogP contribution in [0.4, 0.5) is 10.2 Å². The zero-order chi connectivity index (χ0) is 29.4. The van der Waals surface area contributed by atoms with Gasteiger partial charge in [-0.2, -0.15) is 5.10 Å². The minimum atomic E-state index is -0.313. The number of hydrogen-bond acceptors (Lipinski definition) is 5. The van der Waals surface area contributed by atoms with Crippen molar-refractivity contribution < 1.29 is 9.18 Å². The first-order valence-electron chi connectivity index (χ1n) is 13.8. The van der Waals surface area contributed by atoms with Crippen LogP contribution >= 0.6 is 23.2 Å². The van der Waals surface area contributed by atoms with E-state index in [1.54, 1.807) is 35.0 Å². The van der Waals surface area contributed by atoms with Crippen molar-refractivity contribution in [3.8, 4) is 5.69 Å². The Bertz CT molecular complexity index is 1770. The van der Waals surface area contributed by atoms with Gasteiger partial charge in [0.25, 0.3) is 5.91 Å². The standard InChI is InChI=1S/C32H29Cl2FN6O/c1-20-4-6-22(7-5-20)18-28-36-30(29-21(2)38-41(31(29)37-28)25-11-9-24(35)10-12-25)39-14-3-15-40(17-16-39)32(42)23-8-13-26(33)27(34)19-23/h4-13,19H,3,14-18H2,1-2H3. The summed E-state index contributed by atoms with van der Waals surface area (Å²) in [5, 5.41) is 6.42. The fraction of sp³-hybridized carbons (Fsp3) is 0.250. The summed E-state index contributed by atoms with van der Waals surface area (Å²) in [6.45, 7) is 6.42. The number of fused-ring (bicyclic) bond motifs is 1. The van der Waals surface area contributed by atoms with Crippen molar-refractivity contribution in [3.63, 3.8) is 0 Å². The maximum absolute atomic E-state index is 13.7. The third kappa shape index (κ3) is 5.69. The normalized spacial score (nSPS) is 13.9. The molecule has 3 heterocycles. The number of benzene rings is 3. The topological polar surface area (TPSA) is 67.2 Å². The SMILES string of the molecule is Cc1ccc(Cc2nc(N3CCCN(C(=O)c4ccc(Cl)c(Cl)c4)CC3)c3c(C)nn(-c4ccc(F)cc4)c3n2)cc1. The van der Waals surface area contributed by atoms with Crippen molar-refractivity contribution in [2.75, 3.05) is 31.1 Å². The summed E-state index contributed by atoms with van der Waals surface area (Å²) in [6, 6.07) is 19.5. The van der Waals surface area contributed by atoms with E-state index in [1.165, 1.54) is 17.7 Å². The summed E-state index contributed by atoms with van der Waals surface area (Å²) < 4.78 is 15.5. The van der Waals surface area contributed by atoms with E-state index in [4.69, 9.17) is 38.3 Å². The molecule has 10 heteroatoms. The molecule has 0 N–H and O–H groups in total. The zero-order valence-electron chi connectivity index (χ0n) is 23.3. The van der Waals surface area contributed by atoms with E-state index in [0.717, 1.165) is 34.6 Å². The van der Waals surface area contributed by atoms with Crippen LogP contribution < -0.4 is 4.90 Å². The molecule has 7 nitrogen and oxygen atoms in total. The van der Waals surface area contributed by atoms with Crippen molar-refractivity contribution in [2.45, 2.75) is 26.7 Å². The van der Waals surface area contributed by atoms with Crippen LogP contribution in [0.2, 0.25) is 10.0 Å². The van der Waals surface area contributed by atoms with Gasteiger partial charge in [-0.15, -0.1) is 0 Å². The average Bonchev–Trinajstić information content (AvgIpc) is 3.14. The second-order valence-corrected chi connectivity index (χ2v) is 11.4. The van der Waals surface area contributed by atoms with Crippen molar-refractivity contribution >= 4 is 46.0 Å². The Hall–Kier alpha value is -4.01. The maximum atomic E-state index is 13.7. The molecule has 214 valence electrons. The molecule has 2 aromatic heterocycles. The Labute approximate surface area is 253 Å². The van der Waals surface area contributed by atoms with E-state index in [9.17, 15) is 9.18 Å². The lowest BCUT2D eigenvalue weighted by atomic mass is 10.1. The number of anilines is 1. The van der Waals surface area contributed by atoms with Gasteiger partial charge in [0.1, 0.15) is 17.5 Å². The first-order valence-corrected chi connectivity index (χ1v) is 14.6. The van der Waals surface area contributed by atoms with Gasteiger partial charge in [0.05, 0.1) is 26.8 Å². The van der Waals surface area contributed by atoms with Crippen LogP contribution in [0.1, 0.15) is 39.4 Å². The largest absolute Gasteiger partial charge is 0.354 e. The summed E-state index contributed by atoms with van der Waals surface area (Å²) in [6.07, 6.45) is 1.31. The molecule has 6 rings (SSSR count). The molecular formula is C32H29Cl2FN6O. The molecule has 1 saturated heterocycles. The summed E-state index contributed by atoms with van der Waals surface area (Å²) in [4.78, 5) is 27.4. The molecule has 0 aliphatic carbocycles. The second-order valence-electron chi connectivity index (χ2n) is 10.6. The predicted molar refractivity (Wildman–Crippen MR) is 165 cm³/mol.